The molecule has 0 bridgehead atoms. The molecule has 0 N–H and O–H groups in total. The van der Waals surface area contributed by atoms with Crippen LogP contribution in [-0.4, -0.2) is 0 Å². The molecule has 0 saturated carbocycles. The van der Waals surface area contributed by atoms with E-state index >= 15 is 0 Å². The van der Waals surface area contributed by atoms with Gasteiger partial charge in [-0.2, -0.15) is 0 Å². The quantitative estimate of drug-likeness (QED) is 0.415. The van der Waals surface area contributed by atoms with Crippen molar-refractivity contribution < 1.29 is 0 Å². The maximum Gasteiger partial charge on any atom is -0.00298 e. The van der Waals surface area contributed by atoms with Crippen LogP contribution in [0.5, 0.6) is 0 Å². The zero-order valence-electron chi connectivity index (χ0n) is 18.4. The summed E-state index contributed by atoms with van der Waals surface area (Å²) in [4.78, 5) is 0. The van der Waals surface area contributed by atoms with Crippen LogP contribution in [0.25, 0.3) is 28.3 Å². The number of rotatable bonds is 5. The van der Waals surface area contributed by atoms with Gasteiger partial charge in [-0.05, 0) is 69.2 Å². The van der Waals surface area contributed by atoms with Crippen LogP contribution in [0.4, 0.5) is 0 Å². The maximum atomic E-state index is 2.45. The van der Waals surface area contributed by atoms with Crippen molar-refractivity contribution in [2.24, 2.45) is 0 Å². The molecule has 3 aromatic rings. The normalized spacial score (nSPS) is 13.1. The summed E-state index contributed by atoms with van der Waals surface area (Å²) in [7, 11) is 0. The average Bonchev–Trinajstić information content (AvgIpc) is 3.16. The minimum absolute atomic E-state index is 0.520. The van der Waals surface area contributed by atoms with E-state index < -0.39 is 0 Å². The van der Waals surface area contributed by atoms with Crippen molar-refractivity contribution in [2.45, 2.75) is 59.3 Å². The van der Waals surface area contributed by atoms with Crippen LogP contribution in [0.2, 0.25) is 0 Å². The van der Waals surface area contributed by atoms with Crippen molar-refractivity contribution in [3.63, 3.8) is 0 Å². The molecule has 0 atom stereocenters. The lowest BCUT2D eigenvalue weighted by molar-refractivity contribution is 0.834. The highest BCUT2D eigenvalue weighted by Crippen LogP contribution is 2.43. The molecule has 29 heavy (non-hydrogen) atoms. The molecule has 0 aliphatic heterocycles. The first kappa shape index (κ1) is 19.7. The van der Waals surface area contributed by atoms with Crippen molar-refractivity contribution >= 4 is 6.08 Å². The van der Waals surface area contributed by atoms with E-state index in [4.69, 9.17) is 0 Å². The summed E-state index contributed by atoms with van der Waals surface area (Å²) in [5.74, 6) is 1.04. The number of benzene rings is 3. The second-order valence-corrected chi connectivity index (χ2v) is 8.96. The lowest BCUT2D eigenvalue weighted by Crippen LogP contribution is -1.98. The predicted molar refractivity (Wildman–Crippen MR) is 127 cm³/mol. The van der Waals surface area contributed by atoms with Crippen molar-refractivity contribution in [3.8, 4) is 22.3 Å². The predicted octanol–water partition coefficient (Wildman–Crippen LogP) is 8.62. The Kier molecular flexibility index (Phi) is 5.46. The molecule has 1 aliphatic rings. The van der Waals surface area contributed by atoms with Crippen molar-refractivity contribution in [2.75, 3.05) is 0 Å². The number of hydrogen-bond acceptors (Lipinski definition) is 0. The smallest absolute Gasteiger partial charge is 0.00298 e. The summed E-state index contributed by atoms with van der Waals surface area (Å²) in [6.07, 6.45) is 4.67. The van der Waals surface area contributed by atoms with Crippen LogP contribution in [0.1, 0.15) is 75.1 Å². The molecule has 0 heterocycles. The molecule has 148 valence electrons. The molecule has 0 aromatic heterocycles. The van der Waals surface area contributed by atoms with E-state index in [1.807, 2.05) is 0 Å². The van der Waals surface area contributed by atoms with Crippen LogP contribution in [-0.2, 0) is 6.42 Å². The van der Waals surface area contributed by atoms with E-state index in [0.29, 0.717) is 11.8 Å². The topological polar surface area (TPSA) is 0 Å². The van der Waals surface area contributed by atoms with Crippen LogP contribution in [0.15, 0.2) is 66.2 Å². The summed E-state index contributed by atoms with van der Waals surface area (Å²) in [6.45, 7) is 11.5. The third-order valence-corrected chi connectivity index (χ3v) is 6.24. The Morgan fingerprint density at radius 3 is 2.00 bits per heavy atom. The van der Waals surface area contributed by atoms with Crippen LogP contribution < -0.4 is 0 Å². The van der Waals surface area contributed by atoms with Crippen molar-refractivity contribution in [3.05, 3.63) is 88.5 Å². The standard InChI is InChI=1S/C29H32/c1-6-21-14-23-12-13-27(22-10-8-7-9-11-22)29(28(23)15-21)26-17-24(19(2)3)16-25(18-26)20(4)5/h7-13,15-20H,6,14H2,1-5H3. The molecule has 0 saturated heterocycles. The van der Waals surface area contributed by atoms with Gasteiger partial charge in [-0.3, -0.25) is 0 Å². The number of hydrogen-bond donors (Lipinski definition) is 0. The molecule has 0 spiro atoms. The Morgan fingerprint density at radius 2 is 1.41 bits per heavy atom. The summed E-state index contributed by atoms with van der Waals surface area (Å²) in [5.41, 5.74) is 12.7. The summed E-state index contributed by atoms with van der Waals surface area (Å²) in [6, 6.07) is 22.8. The fraction of sp³-hybridized carbons (Fsp3) is 0.310. The van der Waals surface area contributed by atoms with E-state index in [2.05, 4.69) is 101 Å². The largest absolute Gasteiger partial charge is 0.0655 e. The lowest BCUT2D eigenvalue weighted by atomic mass is 9.85. The molecule has 0 nitrogen and oxygen atoms in total. The van der Waals surface area contributed by atoms with Gasteiger partial charge in [-0.25, -0.2) is 0 Å². The first-order valence-electron chi connectivity index (χ1n) is 11.0. The SMILES string of the molecule is CCC1=Cc2c(ccc(-c3ccccc3)c2-c2cc(C(C)C)cc(C(C)C)c2)C1. The van der Waals surface area contributed by atoms with Gasteiger partial charge in [0.15, 0.2) is 0 Å². The maximum absolute atomic E-state index is 2.45. The van der Waals surface area contributed by atoms with Gasteiger partial charge in [0.25, 0.3) is 0 Å². The molecule has 0 fully saturated rings. The highest BCUT2D eigenvalue weighted by atomic mass is 14.2. The molecule has 0 amide bonds. The molecule has 4 rings (SSSR count). The lowest BCUT2D eigenvalue weighted by Gasteiger charge is -2.19. The van der Waals surface area contributed by atoms with E-state index in [0.717, 1.165) is 12.8 Å². The molecule has 0 radical (unpaired) electrons. The van der Waals surface area contributed by atoms with Crippen molar-refractivity contribution in [1.82, 2.24) is 0 Å². The highest BCUT2D eigenvalue weighted by molar-refractivity contribution is 5.92. The summed E-state index contributed by atoms with van der Waals surface area (Å²) < 4.78 is 0. The van der Waals surface area contributed by atoms with Gasteiger partial charge < -0.3 is 0 Å². The Balaban J connectivity index is 2.03. The first-order chi connectivity index (χ1) is 14.0. The fourth-order valence-electron chi connectivity index (χ4n) is 4.37. The van der Waals surface area contributed by atoms with Gasteiger partial charge in [0.1, 0.15) is 0 Å². The molecule has 0 heteroatoms. The van der Waals surface area contributed by atoms with Gasteiger partial charge in [0.05, 0.1) is 0 Å². The number of allylic oxidation sites excluding steroid dienone is 1. The Hall–Kier alpha value is -2.60. The van der Waals surface area contributed by atoms with Crippen LogP contribution in [0, 0.1) is 0 Å². The van der Waals surface area contributed by atoms with Crippen molar-refractivity contribution in [1.29, 1.82) is 0 Å². The Labute approximate surface area is 176 Å². The zero-order valence-corrected chi connectivity index (χ0v) is 18.4. The van der Waals surface area contributed by atoms with E-state index in [1.54, 1.807) is 0 Å². The Morgan fingerprint density at radius 1 is 0.759 bits per heavy atom. The second kappa shape index (κ2) is 8.03. The molecular formula is C29H32. The zero-order chi connectivity index (χ0) is 20.5. The van der Waals surface area contributed by atoms with E-state index in [9.17, 15) is 0 Å². The minimum atomic E-state index is 0.520. The third kappa shape index (κ3) is 3.81. The number of fused-ring (bicyclic) bond motifs is 1. The van der Waals surface area contributed by atoms with Gasteiger partial charge in [0.2, 0.25) is 0 Å². The molecule has 3 aromatic carbocycles. The molecular weight excluding hydrogens is 348 g/mol. The van der Waals surface area contributed by atoms with Gasteiger partial charge in [-0.1, -0.05) is 107 Å². The summed E-state index contributed by atoms with van der Waals surface area (Å²) >= 11 is 0. The first-order valence-corrected chi connectivity index (χ1v) is 11.0. The minimum Gasteiger partial charge on any atom is -0.0655 e. The summed E-state index contributed by atoms with van der Waals surface area (Å²) in [5, 5.41) is 0. The second-order valence-electron chi connectivity index (χ2n) is 8.96. The van der Waals surface area contributed by atoms with Crippen LogP contribution >= 0.6 is 0 Å². The Bertz CT molecular complexity index is 1020. The average molecular weight is 381 g/mol. The third-order valence-electron chi connectivity index (χ3n) is 6.24. The van der Waals surface area contributed by atoms with Gasteiger partial charge in [0, 0.05) is 0 Å². The fourth-order valence-corrected chi connectivity index (χ4v) is 4.37. The monoisotopic (exact) mass is 380 g/mol. The molecule has 0 unspecified atom stereocenters. The highest BCUT2D eigenvalue weighted by Gasteiger charge is 2.21. The van der Waals surface area contributed by atoms with Crippen LogP contribution in [0.3, 0.4) is 0 Å². The van der Waals surface area contributed by atoms with E-state index in [1.165, 1.54) is 50.1 Å². The van der Waals surface area contributed by atoms with Gasteiger partial charge in [-0.15, -0.1) is 0 Å². The van der Waals surface area contributed by atoms with Gasteiger partial charge >= 0.3 is 0 Å². The van der Waals surface area contributed by atoms with E-state index in [-0.39, 0.29) is 0 Å². The molecule has 1 aliphatic carbocycles.